The Bertz CT molecular complexity index is 2800. The number of imidazole rings is 1. The second-order valence-electron chi connectivity index (χ2n) is 11.9. The first-order valence-electron chi connectivity index (χ1n) is 15.6. The number of hydrogen-bond donors (Lipinski definition) is 0. The average molecular weight is 587 g/mol. The number of fused-ring (bicyclic) bond motifs is 9. The Hall–Kier alpha value is -6.26. The van der Waals surface area contributed by atoms with E-state index in [1.165, 1.54) is 38.2 Å². The highest BCUT2D eigenvalue weighted by molar-refractivity contribution is 6.10. The van der Waals surface area contributed by atoms with Crippen LogP contribution >= 0.6 is 0 Å². The second-order valence-corrected chi connectivity index (χ2v) is 11.9. The Labute approximate surface area is 264 Å². The maximum atomic E-state index is 5.33. The summed E-state index contributed by atoms with van der Waals surface area (Å²) in [5.41, 5.74) is 10.8. The molecule has 4 heteroatoms. The van der Waals surface area contributed by atoms with Gasteiger partial charge in [-0.3, -0.25) is 8.97 Å². The summed E-state index contributed by atoms with van der Waals surface area (Å²) < 4.78 is 4.53. The molecule has 0 aliphatic rings. The molecule has 4 nitrogen and oxygen atoms in total. The Kier molecular flexibility index (Phi) is 5.25. The van der Waals surface area contributed by atoms with Gasteiger partial charge in [-0.2, -0.15) is 0 Å². The Morgan fingerprint density at radius 2 is 1.02 bits per heavy atom. The van der Waals surface area contributed by atoms with Gasteiger partial charge in [0.05, 0.1) is 27.6 Å². The molecule has 214 valence electrons. The third kappa shape index (κ3) is 3.61. The van der Waals surface area contributed by atoms with Crippen molar-refractivity contribution >= 4 is 60.2 Å². The number of nitrogens with zero attached hydrogens (tertiary/aromatic N) is 4. The molecule has 46 heavy (non-hydrogen) atoms. The highest BCUT2D eigenvalue weighted by atomic mass is 15.2. The zero-order valence-corrected chi connectivity index (χ0v) is 24.8. The molecule has 0 aliphatic carbocycles. The van der Waals surface area contributed by atoms with Crippen LogP contribution in [0.3, 0.4) is 0 Å². The molecule has 0 saturated heterocycles. The quantitative estimate of drug-likeness (QED) is 0.206. The van der Waals surface area contributed by atoms with Crippen LogP contribution in [0, 0.1) is 0 Å². The lowest BCUT2D eigenvalue weighted by Crippen LogP contribution is -2.06. The molecule has 3 heterocycles. The number of benzene rings is 7. The fraction of sp³-hybridized carbons (Fsp3) is 0. The summed E-state index contributed by atoms with van der Waals surface area (Å²) in [5.74, 6) is 0.831. The maximum Gasteiger partial charge on any atom is 0.221 e. The Morgan fingerprint density at radius 1 is 0.391 bits per heavy atom. The van der Waals surface area contributed by atoms with E-state index in [0.29, 0.717) is 0 Å². The van der Waals surface area contributed by atoms with Gasteiger partial charge in [-0.15, -0.1) is 0 Å². The van der Waals surface area contributed by atoms with Crippen molar-refractivity contribution in [2.75, 3.05) is 0 Å². The largest absolute Gasteiger partial charge is 0.279 e. The van der Waals surface area contributed by atoms with Gasteiger partial charge in [0.1, 0.15) is 5.65 Å². The molecule has 0 N–H and O–H groups in total. The number of rotatable bonds is 3. The molecule has 0 unspecified atom stereocenters. The minimum absolute atomic E-state index is 0.831. The molecule has 0 fully saturated rings. The van der Waals surface area contributed by atoms with Crippen LogP contribution in [0.2, 0.25) is 0 Å². The number of hydrogen-bond acceptors (Lipinski definition) is 2. The van der Waals surface area contributed by atoms with Crippen LogP contribution in [0.25, 0.3) is 88.4 Å². The van der Waals surface area contributed by atoms with E-state index in [9.17, 15) is 0 Å². The minimum Gasteiger partial charge on any atom is -0.279 e. The molecule has 10 rings (SSSR count). The molecular weight excluding hydrogens is 560 g/mol. The predicted octanol–water partition coefficient (Wildman–Crippen LogP) is 10.6. The molecular formula is C42H26N4. The van der Waals surface area contributed by atoms with Crippen molar-refractivity contribution in [3.05, 3.63) is 158 Å². The first-order chi connectivity index (χ1) is 22.8. The second kappa shape index (κ2) is 9.62. The fourth-order valence-corrected chi connectivity index (χ4v) is 7.16. The summed E-state index contributed by atoms with van der Waals surface area (Å²) in [6.45, 7) is 0. The third-order valence-corrected chi connectivity index (χ3v) is 9.32. The molecule has 10 aromatic rings. The average Bonchev–Trinajstić information content (AvgIpc) is 3.68. The highest BCUT2D eigenvalue weighted by Gasteiger charge is 2.20. The molecule has 0 atom stereocenters. The Morgan fingerprint density at radius 3 is 1.89 bits per heavy atom. The summed E-state index contributed by atoms with van der Waals surface area (Å²) in [7, 11) is 0. The van der Waals surface area contributed by atoms with E-state index >= 15 is 0 Å². The van der Waals surface area contributed by atoms with Crippen molar-refractivity contribution in [2.24, 2.45) is 0 Å². The topological polar surface area (TPSA) is 35.1 Å². The van der Waals surface area contributed by atoms with Crippen LogP contribution in [-0.2, 0) is 0 Å². The van der Waals surface area contributed by atoms with Crippen molar-refractivity contribution < 1.29 is 0 Å². The third-order valence-electron chi connectivity index (χ3n) is 9.32. The predicted molar refractivity (Wildman–Crippen MR) is 191 cm³/mol. The van der Waals surface area contributed by atoms with Gasteiger partial charge in [0.25, 0.3) is 0 Å². The van der Waals surface area contributed by atoms with Crippen molar-refractivity contribution in [1.82, 2.24) is 18.9 Å². The molecule has 0 saturated carbocycles. The molecule has 7 aromatic carbocycles. The lowest BCUT2D eigenvalue weighted by molar-refractivity contribution is 0.979. The van der Waals surface area contributed by atoms with Crippen molar-refractivity contribution in [3.8, 4) is 28.2 Å². The Balaban J connectivity index is 1.22. The van der Waals surface area contributed by atoms with E-state index in [2.05, 4.69) is 155 Å². The van der Waals surface area contributed by atoms with Crippen LogP contribution in [0.15, 0.2) is 158 Å². The standard InChI is InChI=1S/C42H26N4/c1-2-12-31-28(10-1)11-9-15-32(31)29-22-20-27(21-23-29)30-24-25-34-33-13-4-7-18-38(33)45(40(34)26-30)42-44-36-16-5-3-14-35(36)41-43-37-17-6-8-19-39(37)46(41)42/h1-26H. The van der Waals surface area contributed by atoms with E-state index in [4.69, 9.17) is 9.97 Å². The van der Waals surface area contributed by atoms with Crippen molar-refractivity contribution in [3.63, 3.8) is 0 Å². The maximum absolute atomic E-state index is 5.33. The zero-order valence-electron chi connectivity index (χ0n) is 24.8. The lowest BCUT2D eigenvalue weighted by atomic mass is 9.96. The molecule has 0 amide bonds. The van der Waals surface area contributed by atoms with E-state index in [0.717, 1.165) is 50.1 Å². The normalized spacial score (nSPS) is 11.9. The van der Waals surface area contributed by atoms with Gasteiger partial charge in [-0.05, 0) is 69.4 Å². The van der Waals surface area contributed by atoms with Gasteiger partial charge >= 0.3 is 0 Å². The number of aromatic nitrogens is 4. The highest BCUT2D eigenvalue weighted by Crippen LogP contribution is 2.37. The van der Waals surface area contributed by atoms with Gasteiger partial charge in [0, 0.05) is 16.2 Å². The van der Waals surface area contributed by atoms with E-state index in [-0.39, 0.29) is 0 Å². The van der Waals surface area contributed by atoms with Gasteiger partial charge in [-0.1, -0.05) is 121 Å². The lowest BCUT2D eigenvalue weighted by Gasteiger charge is -2.13. The van der Waals surface area contributed by atoms with Gasteiger partial charge in [0.2, 0.25) is 5.95 Å². The van der Waals surface area contributed by atoms with Crippen molar-refractivity contribution in [1.29, 1.82) is 0 Å². The van der Waals surface area contributed by atoms with Crippen LogP contribution in [0.1, 0.15) is 0 Å². The molecule has 0 spiro atoms. The summed E-state index contributed by atoms with van der Waals surface area (Å²) in [6.07, 6.45) is 0. The molecule has 3 aromatic heterocycles. The van der Waals surface area contributed by atoms with Gasteiger partial charge < -0.3 is 0 Å². The monoisotopic (exact) mass is 586 g/mol. The van der Waals surface area contributed by atoms with E-state index in [1.807, 2.05) is 12.1 Å². The van der Waals surface area contributed by atoms with E-state index < -0.39 is 0 Å². The fourth-order valence-electron chi connectivity index (χ4n) is 7.16. The van der Waals surface area contributed by atoms with Crippen LogP contribution in [-0.4, -0.2) is 18.9 Å². The summed E-state index contributed by atoms with van der Waals surface area (Å²) in [6, 6.07) is 56.1. The first-order valence-corrected chi connectivity index (χ1v) is 15.6. The number of para-hydroxylation sites is 4. The SMILES string of the molecule is c1ccc2c(-c3ccc(-c4ccc5c6ccccc6n(-c6nc7ccccc7c7nc8ccccc8n67)c5c4)cc3)cccc2c1. The summed E-state index contributed by atoms with van der Waals surface area (Å²) >= 11 is 0. The smallest absolute Gasteiger partial charge is 0.221 e. The summed E-state index contributed by atoms with van der Waals surface area (Å²) in [4.78, 5) is 10.4. The molecule has 0 bridgehead atoms. The van der Waals surface area contributed by atoms with Gasteiger partial charge in [0.15, 0.2) is 0 Å². The van der Waals surface area contributed by atoms with Crippen LogP contribution in [0.4, 0.5) is 0 Å². The van der Waals surface area contributed by atoms with E-state index in [1.54, 1.807) is 0 Å². The zero-order chi connectivity index (χ0) is 30.2. The molecule has 0 aliphatic heterocycles. The molecule has 0 radical (unpaired) electrons. The summed E-state index contributed by atoms with van der Waals surface area (Å²) in [5, 5.41) is 5.95. The van der Waals surface area contributed by atoms with Crippen molar-refractivity contribution in [2.45, 2.75) is 0 Å². The van der Waals surface area contributed by atoms with Gasteiger partial charge in [-0.25, -0.2) is 9.97 Å². The first kappa shape index (κ1) is 25.1. The van der Waals surface area contributed by atoms with Crippen LogP contribution < -0.4 is 0 Å². The minimum atomic E-state index is 0.831. The van der Waals surface area contributed by atoms with Crippen LogP contribution in [0.5, 0.6) is 0 Å².